The number of hydrogen-bond donors (Lipinski definition) is 0. The minimum absolute atomic E-state index is 0.189. The summed E-state index contributed by atoms with van der Waals surface area (Å²) in [6, 6.07) is 11.1. The summed E-state index contributed by atoms with van der Waals surface area (Å²) in [5.74, 6) is 0.873. The first-order chi connectivity index (χ1) is 18.0. The van der Waals surface area contributed by atoms with E-state index in [4.69, 9.17) is 16.3 Å². The second-order valence-electron chi connectivity index (χ2n) is 9.50. The number of benzene rings is 1. The van der Waals surface area contributed by atoms with Gasteiger partial charge >= 0.3 is 0 Å². The first-order valence-electron chi connectivity index (χ1n) is 12.7. The van der Waals surface area contributed by atoms with Crippen molar-refractivity contribution in [3.05, 3.63) is 81.5 Å². The number of piperazine rings is 1. The number of aromatic nitrogens is 3. The summed E-state index contributed by atoms with van der Waals surface area (Å²) in [7, 11) is 0. The van der Waals surface area contributed by atoms with Crippen molar-refractivity contribution >= 4 is 29.2 Å². The Morgan fingerprint density at radius 1 is 1.16 bits per heavy atom. The SMILES string of the molecule is C[C@H](OC1CCC(F)C1)c1c(N2CCN(SCc3cccnc3)CC2)cnn(-c2cccc(Cl)c2)c1=O. The maximum absolute atomic E-state index is 13.8. The highest BCUT2D eigenvalue weighted by molar-refractivity contribution is 7.96. The van der Waals surface area contributed by atoms with Crippen molar-refractivity contribution in [1.29, 1.82) is 0 Å². The molecule has 1 saturated heterocycles. The van der Waals surface area contributed by atoms with Gasteiger partial charge in [-0.2, -0.15) is 9.78 Å². The molecule has 0 radical (unpaired) electrons. The zero-order chi connectivity index (χ0) is 25.8. The largest absolute Gasteiger partial charge is 0.370 e. The third-order valence-corrected chi connectivity index (χ3v) is 8.31. The molecule has 2 aliphatic rings. The summed E-state index contributed by atoms with van der Waals surface area (Å²) in [6.07, 6.45) is 5.46. The van der Waals surface area contributed by atoms with Gasteiger partial charge < -0.3 is 9.64 Å². The first-order valence-corrected chi connectivity index (χ1v) is 14.0. The van der Waals surface area contributed by atoms with Gasteiger partial charge in [-0.05, 0) is 49.6 Å². The van der Waals surface area contributed by atoms with Gasteiger partial charge in [0.15, 0.2) is 0 Å². The third kappa shape index (κ3) is 6.34. The first kappa shape index (κ1) is 26.2. The second kappa shape index (κ2) is 11.9. The highest BCUT2D eigenvalue weighted by Crippen LogP contribution is 2.33. The fourth-order valence-electron chi connectivity index (χ4n) is 4.96. The third-order valence-electron chi connectivity index (χ3n) is 6.89. The number of anilines is 1. The average Bonchev–Trinajstić information content (AvgIpc) is 3.32. The molecule has 3 heterocycles. The van der Waals surface area contributed by atoms with E-state index in [0.29, 0.717) is 35.5 Å². The number of pyridine rings is 1. The Bertz CT molecular complexity index is 1260. The normalized spacial score (nSPS) is 21.3. The van der Waals surface area contributed by atoms with Crippen LogP contribution >= 0.6 is 23.5 Å². The molecule has 196 valence electrons. The Morgan fingerprint density at radius 2 is 2.00 bits per heavy atom. The van der Waals surface area contributed by atoms with E-state index >= 15 is 0 Å². The summed E-state index contributed by atoms with van der Waals surface area (Å²) in [5, 5.41) is 5.04. The van der Waals surface area contributed by atoms with Crippen LogP contribution in [0.4, 0.5) is 10.1 Å². The highest BCUT2D eigenvalue weighted by atomic mass is 35.5. The topological polar surface area (TPSA) is 63.5 Å². The lowest BCUT2D eigenvalue weighted by Crippen LogP contribution is -2.45. The standard InChI is InChI=1S/C27H31ClFN5O2S/c1-19(36-24-8-7-22(29)15-24)26-25(17-31-34(27(26)35)23-6-2-5-21(28)14-23)32-10-12-33(13-11-32)37-18-20-4-3-9-30-16-20/h2-6,9,14,16-17,19,22,24H,7-8,10-13,15,18H2,1H3/t19-,22?,24?/m0/s1. The van der Waals surface area contributed by atoms with Gasteiger partial charge in [0, 0.05) is 55.8 Å². The molecular formula is C27H31ClFN5O2S. The van der Waals surface area contributed by atoms with Gasteiger partial charge in [-0.3, -0.25) is 9.78 Å². The van der Waals surface area contributed by atoms with E-state index in [9.17, 15) is 9.18 Å². The number of rotatable bonds is 8. The molecule has 10 heteroatoms. The molecule has 37 heavy (non-hydrogen) atoms. The lowest BCUT2D eigenvalue weighted by molar-refractivity contribution is -0.00275. The van der Waals surface area contributed by atoms with Crippen LogP contribution in [0, 0.1) is 0 Å². The van der Waals surface area contributed by atoms with Crippen molar-refractivity contribution in [2.24, 2.45) is 0 Å². The smallest absolute Gasteiger partial charge is 0.279 e. The predicted molar refractivity (Wildman–Crippen MR) is 146 cm³/mol. The minimum atomic E-state index is -0.838. The molecule has 7 nitrogen and oxygen atoms in total. The number of alkyl halides is 1. The monoisotopic (exact) mass is 543 g/mol. The number of ether oxygens (including phenoxy) is 1. The molecule has 2 fully saturated rings. The Balaban J connectivity index is 1.36. The van der Waals surface area contributed by atoms with E-state index < -0.39 is 12.3 Å². The lowest BCUT2D eigenvalue weighted by Gasteiger charge is -2.36. The van der Waals surface area contributed by atoms with E-state index in [2.05, 4.69) is 25.4 Å². The molecule has 1 aliphatic carbocycles. The Kier molecular flexibility index (Phi) is 8.44. The number of hydrogen-bond acceptors (Lipinski definition) is 7. The Labute approximate surface area is 225 Å². The molecule has 1 aliphatic heterocycles. The van der Waals surface area contributed by atoms with E-state index in [1.54, 1.807) is 48.6 Å². The molecule has 0 bridgehead atoms. The fourth-order valence-corrected chi connectivity index (χ4v) is 6.07. The lowest BCUT2D eigenvalue weighted by atomic mass is 10.1. The molecule has 3 aromatic rings. The average molecular weight is 544 g/mol. The summed E-state index contributed by atoms with van der Waals surface area (Å²) in [5.41, 5.74) is 2.88. The van der Waals surface area contributed by atoms with Crippen molar-refractivity contribution in [2.45, 2.75) is 50.3 Å². The van der Waals surface area contributed by atoms with Gasteiger partial charge in [0.05, 0.1) is 35.3 Å². The molecule has 2 unspecified atom stereocenters. The van der Waals surface area contributed by atoms with Crippen molar-refractivity contribution in [2.75, 3.05) is 31.1 Å². The van der Waals surface area contributed by atoms with Crippen LogP contribution in [0.3, 0.4) is 0 Å². The molecule has 3 atom stereocenters. The van der Waals surface area contributed by atoms with Crippen LogP contribution in [-0.2, 0) is 10.5 Å². The Morgan fingerprint density at radius 3 is 2.70 bits per heavy atom. The summed E-state index contributed by atoms with van der Waals surface area (Å²) < 4.78 is 23.8. The quantitative estimate of drug-likeness (QED) is 0.361. The van der Waals surface area contributed by atoms with Crippen LogP contribution in [0.1, 0.15) is 43.4 Å². The van der Waals surface area contributed by atoms with Crippen molar-refractivity contribution in [1.82, 2.24) is 19.1 Å². The maximum Gasteiger partial charge on any atom is 0.279 e. The molecule has 1 saturated carbocycles. The van der Waals surface area contributed by atoms with Gasteiger partial charge in [0.25, 0.3) is 5.56 Å². The maximum atomic E-state index is 13.8. The van der Waals surface area contributed by atoms with Gasteiger partial charge in [-0.25, -0.2) is 8.70 Å². The molecule has 0 amide bonds. The van der Waals surface area contributed by atoms with E-state index in [0.717, 1.165) is 37.6 Å². The summed E-state index contributed by atoms with van der Waals surface area (Å²) in [4.78, 5) is 20.2. The molecule has 0 N–H and O–H groups in total. The predicted octanol–water partition coefficient (Wildman–Crippen LogP) is 5.22. The molecule has 5 rings (SSSR count). The number of nitrogens with zero attached hydrogens (tertiary/aromatic N) is 5. The van der Waals surface area contributed by atoms with Crippen LogP contribution in [0.5, 0.6) is 0 Å². The second-order valence-corrected chi connectivity index (χ2v) is 11.0. The van der Waals surface area contributed by atoms with E-state index in [1.165, 1.54) is 10.2 Å². The van der Waals surface area contributed by atoms with Crippen molar-refractivity contribution in [3.8, 4) is 5.69 Å². The minimum Gasteiger partial charge on any atom is -0.370 e. The molecule has 2 aromatic heterocycles. The van der Waals surface area contributed by atoms with Gasteiger partial charge in [-0.15, -0.1) is 0 Å². The molecule has 1 aromatic carbocycles. The van der Waals surface area contributed by atoms with Crippen LogP contribution in [0.2, 0.25) is 5.02 Å². The molecule has 0 spiro atoms. The van der Waals surface area contributed by atoms with Gasteiger partial charge in [0.1, 0.15) is 6.17 Å². The van der Waals surface area contributed by atoms with Gasteiger partial charge in [0.2, 0.25) is 0 Å². The fraction of sp³-hybridized carbons (Fsp3) is 0.444. The van der Waals surface area contributed by atoms with Crippen LogP contribution in [0.15, 0.2) is 59.8 Å². The van der Waals surface area contributed by atoms with Crippen molar-refractivity contribution in [3.63, 3.8) is 0 Å². The van der Waals surface area contributed by atoms with Crippen LogP contribution in [0.25, 0.3) is 5.69 Å². The molecular weight excluding hydrogens is 513 g/mol. The zero-order valence-corrected chi connectivity index (χ0v) is 22.4. The van der Waals surface area contributed by atoms with Crippen LogP contribution in [-0.4, -0.2) is 57.5 Å². The highest BCUT2D eigenvalue weighted by Gasteiger charge is 2.30. The Hall–Kier alpha value is -2.46. The van der Waals surface area contributed by atoms with Gasteiger partial charge in [-0.1, -0.05) is 35.7 Å². The summed E-state index contributed by atoms with van der Waals surface area (Å²) in [6.45, 7) is 5.11. The summed E-state index contributed by atoms with van der Waals surface area (Å²) >= 11 is 7.98. The van der Waals surface area contributed by atoms with E-state index in [-0.39, 0.29) is 11.7 Å². The van der Waals surface area contributed by atoms with E-state index in [1.807, 2.05) is 19.2 Å². The van der Waals surface area contributed by atoms with Crippen LogP contribution < -0.4 is 10.5 Å². The zero-order valence-electron chi connectivity index (χ0n) is 20.8. The number of halogens is 2. The van der Waals surface area contributed by atoms with Crippen molar-refractivity contribution < 1.29 is 9.13 Å².